The van der Waals surface area contributed by atoms with Gasteiger partial charge in [0.15, 0.2) is 0 Å². The van der Waals surface area contributed by atoms with E-state index < -0.39 is 5.97 Å². The first-order valence-electron chi connectivity index (χ1n) is 7.15. The highest BCUT2D eigenvalue weighted by Crippen LogP contribution is 2.14. The number of carbonyl (C=O) groups excluding carboxylic acids is 1. The number of carboxylic acids is 1. The van der Waals surface area contributed by atoms with E-state index >= 15 is 0 Å². The molecule has 0 N–H and O–H groups in total. The van der Waals surface area contributed by atoms with E-state index in [1.54, 1.807) is 6.92 Å². The van der Waals surface area contributed by atoms with E-state index in [9.17, 15) is 9.90 Å². The van der Waals surface area contributed by atoms with E-state index in [1.807, 2.05) is 6.92 Å². The molecule has 0 radical (unpaired) electrons. The molecule has 0 rings (SSSR count). The lowest BCUT2D eigenvalue weighted by Crippen LogP contribution is -2.20. The molecule has 3 nitrogen and oxygen atoms in total. The van der Waals surface area contributed by atoms with Crippen LogP contribution in [0.3, 0.4) is 0 Å². The minimum Gasteiger partial charge on any atom is -0.545 e. The molecule has 0 unspecified atom stereocenters. The summed E-state index contributed by atoms with van der Waals surface area (Å²) in [5.41, 5.74) is 3.35. The Morgan fingerprint density at radius 1 is 1.20 bits per heavy atom. The fourth-order valence-electron chi connectivity index (χ4n) is 1.95. The third-order valence-corrected chi connectivity index (χ3v) is 2.83. The molecule has 3 heteroatoms. The SMILES string of the molecule is CCO[C@H](/C=C(\C)CCC=C(C)C)C/C(C)=C/C(=O)[O-]. The van der Waals surface area contributed by atoms with Crippen molar-refractivity contribution in [3.05, 3.63) is 34.9 Å². The molecule has 0 heterocycles. The van der Waals surface area contributed by atoms with Crippen LogP contribution in [0.25, 0.3) is 0 Å². The van der Waals surface area contributed by atoms with Crippen LogP contribution in [0, 0.1) is 0 Å². The van der Waals surface area contributed by atoms with Gasteiger partial charge in [0.25, 0.3) is 0 Å². The Morgan fingerprint density at radius 2 is 1.85 bits per heavy atom. The molecule has 0 spiro atoms. The minimum atomic E-state index is -1.15. The molecule has 0 aromatic rings. The molecule has 0 aromatic carbocycles. The fraction of sp³-hybridized carbons (Fsp3) is 0.588. The molecule has 0 amide bonds. The van der Waals surface area contributed by atoms with Crippen molar-refractivity contribution in [3.63, 3.8) is 0 Å². The largest absolute Gasteiger partial charge is 0.545 e. The zero-order valence-corrected chi connectivity index (χ0v) is 13.4. The number of aliphatic carboxylic acids is 1. The molecular weight excluding hydrogens is 252 g/mol. The summed E-state index contributed by atoms with van der Waals surface area (Å²) in [5.74, 6) is -1.15. The van der Waals surface area contributed by atoms with Gasteiger partial charge in [-0.15, -0.1) is 0 Å². The zero-order chi connectivity index (χ0) is 15.5. The van der Waals surface area contributed by atoms with Gasteiger partial charge in [-0.3, -0.25) is 0 Å². The van der Waals surface area contributed by atoms with E-state index in [-0.39, 0.29) is 6.10 Å². The Bertz CT molecular complexity index is 385. The van der Waals surface area contributed by atoms with Crippen LogP contribution in [-0.4, -0.2) is 18.7 Å². The molecule has 0 aromatic heterocycles. The first kappa shape index (κ1) is 18.7. The standard InChI is InChI=1S/C17H28O3/c1-6-20-16(11-15(5)12-17(18)19)10-14(4)9-7-8-13(2)3/h8,10,12,16H,6-7,9,11H2,1-5H3,(H,18,19)/p-1/b14-10+,15-12+/t16-/m1/s1. The van der Waals surface area contributed by atoms with Gasteiger partial charge in [-0.05, 0) is 60.0 Å². The number of carboxylic acid groups (broad SMARTS) is 1. The molecule has 0 aliphatic rings. The summed E-state index contributed by atoms with van der Waals surface area (Å²) in [5, 5.41) is 10.5. The van der Waals surface area contributed by atoms with Crippen molar-refractivity contribution in [1.29, 1.82) is 0 Å². The Labute approximate surface area is 123 Å². The Hall–Kier alpha value is -1.35. The van der Waals surface area contributed by atoms with E-state index in [1.165, 1.54) is 11.1 Å². The second-order valence-electron chi connectivity index (χ2n) is 5.34. The first-order chi connectivity index (χ1) is 9.35. The van der Waals surface area contributed by atoms with Crippen LogP contribution in [-0.2, 0) is 9.53 Å². The van der Waals surface area contributed by atoms with Crippen molar-refractivity contribution < 1.29 is 14.6 Å². The maximum absolute atomic E-state index is 10.5. The molecule has 114 valence electrons. The number of carbonyl (C=O) groups is 1. The summed E-state index contributed by atoms with van der Waals surface area (Å²) in [6.45, 7) is 10.6. The normalized spacial score (nSPS) is 14.1. The average molecular weight is 279 g/mol. The van der Waals surface area contributed by atoms with Gasteiger partial charge in [0.2, 0.25) is 0 Å². The Morgan fingerprint density at radius 3 is 2.35 bits per heavy atom. The summed E-state index contributed by atoms with van der Waals surface area (Å²) in [7, 11) is 0. The number of ether oxygens (including phenoxy) is 1. The van der Waals surface area contributed by atoms with Crippen molar-refractivity contribution in [1.82, 2.24) is 0 Å². The first-order valence-corrected chi connectivity index (χ1v) is 7.15. The molecule has 1 atom stereocenters. The summed E-state index contributed by atoms with van der Waals surface area (Å²) < 4.78 is 5.65. The molecule has 0 aliphatic heterocycles. The van der Waals surface area contributed by atoms with Crippen molar-refractivity contribution in [3.8, 4) is 0 Å². The smallest absolute Gasteiger partial charge is 0.0795 e. The third-order valence-electron chi connectivity index (χ3n) is 2.83. The monoisotopic (exact) mass is 279 g/mol. The van der Waals surface area contributed by atoms with Crippen LogP contribution in [0.2, 0.25) is 0 Å². The number of hydrogen-bond acceptors (Lipinski definition) is 3. The summed E-state index contributed by atoms with van der Waals surface area (Å²) in [6.07, 6.45) is 7.99. The maximum Gasteiger partial charge on any atom is 0.0795 e. The molecule has 0 fully saturated rings. The second kappa shape index (κ2) is 10.4. The maximum atomic E-state index is 10.5. The molecule has 0 saturated heterocycles. The summed E-state index contributed by atoms with van der Waals surface area (Å²) in [4.78, 5) is 10.5. The van der Waals surface area contributed by atoms with E-state index in [2.05, 4.69) is 32.9 Å². The van der Waals surface area contributed by atoms with Crippen LogP contribution >= 0.6 is 0 Å². The van der Waals surface area contributed by atoms with Crippen LogP contribution in [0.5, 0.6) is 0 Å². The van der Waals surface area contributed by atoms with E-state index in [0.717, 1.165) is 24.5 Å². The lowest BCUT2D eigenvalue weighted by atomic mass is 10.0. The molecule has 0 bridgehead atoms. The van der Waals surface area contributed by atoms with Gasteiger partial charge >= 0.3 is 0 Å². The predicted molar refractivity (Wildman–Crippen MR) is 81.2 cm³/mol. The molecular formula is C17H27O3-. The van der Waals surface area contributed by atoms with Gasteiger partial charge < -0.3 is 14.6 Å². The highest BCUT2D eigenvalue weighted by Gasteiger charge is 2.06. The van der Waals surface area contributed by atoms with Gasteiger partial charge in [0.05, 0.1) is 12.1 Å². The van der Waals surface area contributed by atoms with Crippen molar-refractivity contribution in [2.45, 2.75) is 60.0 Å². The van der Waals surface area contributed by atoms with Gasteiger partial charge in [0.1, 0.15) is 0 Å². The summed E-state index contributed by atoms with van der Waals surface area (Å²) in [6, 6.07) is 0. The quantitative estimate of drug-likeness (QED) is 0.481. The van der Waals surface area contributed by atoms with Crippen LogP contribution in [0.1, 0.15) is 53.9 Å². The Kier molecular flexibility index (Phi) is 9.73. The fourth-order valence-corrected chi connectivity index (χ4v) is 1.95. The van der Waals surface area contributed by atoms with Crippen LogP contribution in [0.4, 0.5) is 0 Å². The molecule has 0 aliphatic carbocycles. The predicted octanol–water partition coefficient (Wildman–Crippen LogP) is 3.17. The zero-order valence-electron chi connectivity index (χ0n) is 13.4. The van der Waals surface area contributed by atoms with Crippen molar-refractivity contribution in [2.24, 2.45) is 0 Å². The number of rotatable bonds is 9. The number of hydrogen-bond donors (Lipinski definition) is 0. The van der Waals surface area contributed by atoms with Gasteiger partial charge in [-0.1, -0.05) is 28.9 Å². The van der Waals surface area contributed by atoms with Gasteiger partial charge in [0, 0.05) is 6.61 Å². The van der Waals surface area contributed by atoms with E-state index in [0.29, 0.717) is 13.0 Å². The lowest BCUT2D eigenvalue weighted by Gasteiger charge is -2.15. The topological polar surface area (TPSA) is 49.4 Å². The second-order valence-corrected chi connectivity index (χ2v) is 5.34. The number of allylic oxidation sites excluding steroid dienone is 3. The molecule has 20 heavy (non-hydrogen) atoms. The van der Waals surface area contributed by atoms with Crippen LogP contribution < -0.4 is 5.11 Å². The third kappa shape index (κ3) is 10.6. The minimum absolute atomic E-state index is 0.0673. The van der Waals surface area contributed by atoms with Gasteiger partial charge in [-0.2, -0.15) is 0 Å². The highest BCUT2D eigenvalue weighted by molar-refractivity contribution is 5.78. The van der Waals surface area contributed by atoms with E-state index in [4.69, 9.17) is 4.74 Å². The van der Waals surface area contributed by atoms with Crippen LogP contribution in [0.15, 0.2) is 34.9 Å². The average Bonchev–Trinajstić information content (AvgIpc) is 2.27. The lowest BCUT2D eigenvalue weighted by molar-refractivity contribution is -0.297. The highest BCUT2D eigenvalue weighted by atomic mass is 16.5. The summed E-state index contributed by atoms with van der Waals surface area (Å²) >= 11 is 0. The molecule has 0 saturated carbocycles. The van der Waals surface area contributed by atoms with Crippen molar-refractivity contribution in [2.75, 3.05) is 6.61 Å². The van der Waals surface area contributed by atoms with Crippen molar-refractivity contribution >= 4 is 5.97 Å². The Balaban J connectivity index is 4.58. The van der Waals surface area contributed by atoms with Gasteiger partial charge in [-0.25, -0.2) is 0 Å².